The molecule has 1 aromatic carbocycles. The molecule has 0 saturated heterocycles. The number of hydrogen-bond donors (Lipinski definition) is 3. The fourth-order valence-corrected chi connectivity index (χ4v) is 1.90. The highest BCUT2D eigenvalue weighted by Crippen LogP contribution is 2.20. The van der Waals surface area contributed by atoms with Gasteiger partial charge in [0, 0.05) is 18.3 Å². The Balaban J connectivity index is 2.69. The molecule has 0 aliphatic heterocycles. The number of nitrogens with one attached hydrogen (secondary N) is 2. The van der Waals surface area contributed by atoms with Crippen molar-refractivity contribution in [3.63, 3.8) is 0 Å². The van der Waals surface area contributed by atoms with Gasteiger partial charge in [-0.2, -0.15) is 0 Å². The molecule has 5 nitrogen and oxygen atoms in total. The highest BCUT2D eigenvalue weighted by Gasteiger charge is 2.14. The highest BCUT2D eigenvalue weighted by atomic mass is 16.5. The summed E-state index contributed by atoms with van der Waals surface area (Å²) < 4.78 is 5.62. The summed E-state index contributed by atoms with van der Waals surface area (Å²) in [6.45, 7) is 10.3. The predicted molar refractivity (Wildman–Crippen MR) is 89.0 cm³/mol. The lowest BCUT2D eigenvalue weighted by Crippen LogP contribution is -2.40. The van der Waals surface area contributed by atoms with Gasteiger partial charge in [0.15, 0.2) is 0 Å². The molecule has 1 rings (SSSR count). The van der Waals surface area contributed by atoms with Gasteiger partial charge in [0.2, 0.25) is 0 Å². The number of carbonyl (C=O) groups excluding carboxylic acids is 1. The second-order valence-corrected chi connectivity index (χ2v) is 6.00. The van der Waals surface area contributed by atoms with Crippen molar-refractivity contribution in [2.45, 2.75) is 53.4 Å². The Morgan fingerprint density at radius 3 is 2.55 bits per heavy atom. The van der Waals surface area contributed by atoms with E-state index in [2.05, 4.69) is 10.6 Å². The van der Waals surface area contributed by atoms with Crippen LogP contribution in [0.1, 0.15) is 38.8 Å². The van der Waals surface area contributed by atoms with E-state index in [9.17, 15) is 4.79 Å². The molecule has 124 valence electrons. The lowest BCUT2D eigenvalue weighted by atomic mass is 10.1. The van der Waals surface area contributed by atoms with E-state index in [4.69, 9.17) is 9.84 Å². The van der Waals surface area contributed by atoms with E-state index in [0.29, 0.717) is 6.61 Å². The summed E-state index contributed by atoms with van der Waals surface area (Å²) in [7, 11) is 0. The molecule has 0 fully saturated rings. The van der Waals surface area contributed by atoms with Crippen molar-refractivity contribution in [2.75, 3.05) is 11.9 Å². The van der Waals surface area contributed by atoms with Gasteiger partial charge in [0.1, 0.15) is 0 Å². The van der Waals surface area contributed by atoms with E-state index >= 15 is 0 Å². The Morgan fingerprint density at radius 2 is 1.95 bits per heavy atom. The van der Waals surface area contributed by atoms with Crippen LogP contribution >= 0.6 is 0 Å². The van der Waals surface area contributed by atoms with E-state index in [1.165, 1.54) is 0 Å². The van der Waals surface area contributed by atoms with Crippen LogP contribution in [0.3, 0.4) is 0 Å². The molecule has 0 bridgehead atoms. The first-order valence-corrected chi connectivity index (χ1v) is 7.73. The first kappa shape index (κ1) is 18.5. The number of urea groups is 1. The number of benzene rings is 1. The standard InChI is InChI=1S/C17H28N2O3/c1-11(2)22-10-15-7-6-8-16(13(15)4)19-17(21)18-14(5)12(3)9-20/h6-8,11-12,14,20H,9-10H2,1-5H3,(H2,18,19,21)/t12-,14-/m1/s1. The van der Waals surface area contributed by atoms with Crippen molar-refractivity contribution in [2.24, 2.45) is 5.92 Å². The van der Waals surface area contributed by atoms with Gasteiger partial charge in [-0.1, -0.05) is 19.1 Å². The van der Waals surface area contributed by atoms with Crippen molar-refractivity contribution >= 4 is 11.7 Å². The number of aliphatic hydroxyl groups excluding tert-OH is 1. The largest absolute Gasteiger partial charge is 0.396 e. The molecule has 5 heteroatoms. The van der Waals surface area contributed by atoms with Gasteiger partial charge in [0.05, 0.1) is 12.7 Å². The molecule has 2 atom stereocenters. The number of amides is 2. The van der Waals surface area contributed by atoms with Crippen LogP contribution in [0.4, 0.5) is 10.5 Å². The monoisotopic (exact) mass is 308 g/mol. The van der Waals surface area contributed by atoms with Crippen LogP contribution in [-0.4, -0.2) is 29.9 Å². The SMILES string of the molecule is Cc1c(COC(C)C)cccc1NC(=O)N[C@H](C)[C@H](C)CO. The van der Waals surface area contributed by atoms with Gasteiger partial charge in [-0.25, -0.2) is 4.79 Å². The minimum absolute atomic E-state index is 0.0117. The maximum atomic E-state index is 12.0. The first-order chi connectivity index (χ1) is 10.3. The van der Waals surface area contributed by atoms with Crippen LogP contribution in [0.15, 0.2) is 18.2 Å². The molecule has 0 radical (unpaired) electrons. The summed E-state index contributed by atoms with van der Waals surface area (Å²) in [5.74, 6) is 0.0117. The van der Waals surface area contributed by atoms with Crippen LogP contribution in [0.25, 0.3) is 0 Å². The highest BCUT2D eigenvalue weighted by molar-refractivity contribution is 5.90. The zero-order chi connectivity index (χ0) is 16.7. The van der Waals surface area contributed by atoms with Crippen molar-refractivity contribution in [3.05, 3.63) is 29.3 Å². The van der Waals surface area contributed by atoms with Crippen LogP contribution in [0.5, 0.6) is 0 Å². The summed E-state index contributed by atoms with van der Waals surface area (Å²) in [5, 5.41) is 14.8. The third-order valence-corrected chi connectivity index (χ3v) is 3.77. The van der Waals surface area contributed by atoms with Crippen molar-refractivity contribution in [3.8, 4) is 0 Å². The molecule has 22 heavy (non-hydrogen) atoms. The minimum Gasteiger partial charge on any atom is -0.396 e. The summed E-state index contributed by atoms with van der Waals surface area (Å²) in [4.78, 5) is 12.0. The Hall–Kier alpha value is -1.59. The third kappa shape index (κ3) is 5.66. The van der Waals surface area contributed by atoms with Crippen LogP contribution in [-0.2, 0) is 11.3 Å². The molecule has 0 aliphatic carbocycles. The molecule has 0 aromatic heterocycles. The number of carbonyl (C=O) groups is 1. The Labute approximate surface area is 133 Å². The zero-order valence-electron chi connectivity index (χ0n) is 14.1. The maximum Gasteiger partial charge on any atom is 0.319 e. The summed E-state index contributed by atoms with van der Waals surface area (Å²) >= 11 is 0. The van der Waals surface area contributed by atoms with Crippen LogP contribution in [0.2, 0.25) is 0 Å². The molecular weight excluding hydrogens is 280 g/mol. The lowest BCUT2D eigenvalue weighted by molar-refractivity contribution is 0.0654. The van der Waals surface area contributed by atoms with Gasteiger partial charge in [-0.05, 0) is 50.8 Å². The molecule has 0 saturated carbocycles. The van der Waals surface area contributed by atoms with Gasteiger partial charge < -0.3 is 20.5 Å². The fourth-order valence-electron chi connectivity index (χ4n) is 1.90. The second kappa shape index (κ2) is 8.76. The Kier molecular flexibility index (Phi) is 7.35. The normalized spacial score (nSPS) is 13.8. The van der Waals surface area contributed by atoms with Crippen LogP contribution < -0.4 is 10.6 Å². The lowest BCUT2D eigenvalue weighted by Gasteiger charge is -2.20. The number of hydrogen-bond acceptors (Lipinski definition) is 3. The third-order valence-electron chi connectivity index (χ3n) is 3.77. The smallest absolute Gasteiger partial charge is 0.319 e. The van der Waals surface area contributed by atoms with Gasteiger partial charge in [-0.3, -0.25) is 0 Å². The predicted octanol–water partition coefficient (Wildman–Crippen LogP) is 3.06. The molecule has 0 heterocycles. The van der Waals surface area contributed by atoms with E-state index in [1.807, 2.05) is 52.8 Å². The first-order valence-electron chi connectivity index (χ1n) is 7.73. The van der Waals surface area contributed by atoms with Crippen molar-refractivity contribution in [1.82, 2.24) is 5.32 Å². The summed E-state index contributed by atoms with van der Waals surface area (Å²) in [6, 6.07) is 5.41. The molecule has 0 spiro atoms. The maximum absolute atomic E-state index is 12.0. The van der Waals surface area contributed by atoms with Gasteiger partial charge in [-0.15, -0.1) is 0 Å². The van der Waals surface area contributed by atoms with E-state index in [0.717, 1.165) is 16.8 Å². The molecule has 0 unspecified atom stereocenters. The molecule has 0 aliphatic rings. The Bertz CT molecular complexity index is 489. The quantitative estimate of drug-likeness (QED) is 0.725. The van der Waals surface area contributed by atoms with Gasteiger partial charge >= 0.3 is 6.03 Å². The number of ether oxygens (including phenoxy) is 1. The fraction of sp³-hybridized carbons (Fsp3) is 0.588. The average Bonchev–Trinajstić information content (AvgIpc) is 2.46. The molecule has 3 N–H and O–H groups in total. The van der Waals surface area contributed by atoms with Crippen LogP contribution in [0, 0.1) is 12.8 Å². The average molecular weight is 308 g/mol. The molecular formula is C17H28N2O3. The molecule has 2 amide bonds. The van der Waals surface area contributed by atoms with E-state index in [1.54, 1.807) is 0 Å². The Morgan fingerprint density at radius 1 is 1.27 bits per heavy atom. The van der Waals surface area contributed by atoms with Crippen molar-refractivity contribution in [1.29, 1.82) is 0 Å². The number of anilines is 1. The van der Waals surface area contributed by atoms with E-state index in [-0.39, 0.29) is 30.7 Å². The zero-order valence-corrected chi connectivity index (χ0v) is 14.1. The minimum atomic E-state index is -0.266. The van der Waals surface area contributed by atoms with Crippen molar-refractivity contribution < 1.29 is 14.6 Å². The number of aliphatic hydroxyl groups is 1. The van der Waals surface area contributed by atoms with Gasteiger partial charge in [0.25, 0.3) is 0 Å². The molecule has 1 aromatic rings. The summed E-state index contributed by atoms with van der Waals surface area (Å²) in [6.07, 6.45) is 0.167. The number of rotatable bonds is 7. The summed E-state index contributed by atoms with van der Waals surface area (Å²) in [5.41, 5.74) is 2.83. The second-order valence-electron chi connectivity index (χ2n) is 6.00. The van der Waals surface area contributed by atoms with E-state index < -0.39 is 0 Å². The topological polar surface area (TPSA) is 70.6 Å².